The number of alkyl carbamates (subject to hydrolysis) is 1. The van der Waals surface area contributed by atoms with E-state index in [2.05, 4.69) is 22.4 Å². The van der Waals surface area contributed by atoms with Crippen LogP contribution in [0, 0.1) is 11.3 Å². The number of nitrogens with zero attached hydrogens (tertiary/aromatic N) is 2. The van der Waals surface area contributed by atoms with E-state index < -0.39 is 5.60 Å². The summed E-state index contributed by atoms with van der Waals surface area (Å²) in [4.78, 5) is 16.3. The van der Waals surface area contributed by atoms with Crippen molar-refractivity contribution in [3.05, 3.63) is 11.7 Å². The lowest BCUT2D eigenvalue weighted by atomic mass is 9.59. The Balaban J connectivity index is 1.41. The van der Waals surface area contributed by atoms with Crippen LogP contribution in [0.15, 0.2) is 4.52 Å². The van der Waals surface area contributed by atoms with E-state index in [1.807, 2.05) is 20.8 Å². The molecule has 152 valence electrons. The molecule has 1 atom stereocenters. The molecule has 3 fully saturated rings. The molecule has 6 heteroatoms. The topological polar surface area (TPSA) is 77.2 Å². The van der Waals surface area contributed by atoms with Crippen molar-refractivity contribution in [1.29, 1.82) is 0 Å². The van der Waals surface area contributed by atoms with E-state index in [9.17, 15) is 4.79 Å². The highest BCUT2D eigenvalue weighted by Gasteiger charge is 2.41. The molecule has 27 heavy (non-hydrogen) atoms. The Morgan fingerprint density at radius 3 is 2.59 bits per heavy atom. The van der Waals surface area contributed by atoms with Gasteiger partial charge < -0.3 is 14.6 Å². The van der Waals surface area contributed by atoms with Gasteiger partial charge in [-0.25, -0.2) is 4.79 Å². The Kier molecular flexibility index (Phi) is 6.11. The van der Waals surface area contributed by atoms with Gasteiger partial charge in [0.05, 0.1) is 0 Å². The minimum absolute atomic E-state index is 0.200. The molecule has 1 amide bonds. The summed E-state index contributed by atoms with van der Waals surface area (Å²) in [5.74, 6) is 2.78. The van der Waals surface area contributed by atoms with Crippen LogP contribution in [0.1, 0.15) is 96.7 Å². The first-order valence-corrected chi connectivity index (χ1v) is 10.5. The maximum Gasteiger partial charge on any atom is 0.407 e. The third-order valence-corrected chi connectivity index (χ3v) is 6.17. The lowest BCUT2D eigenvalue weighted by Crippen LogP contribution is -2.35. The zero-order valence-electron chi connectivity index (χ0n) is 17.3. The summed E-state index contributed by atoms with van der Waals surface area (Å²) in [5, 5.41) is 7.06. The van der Waals surface area contributed by atoms with Gasteiger partial charge in [0.1, 0.15) is 5.60 Å². The van der Waals surface area contributed by atoms with Gasteiger partial charge >= 0.3 is 6.09 Å². The first-order valence-electron chi connectivity index (χ1n) is 10.5. The maximum atomic E-state index is 11.7. The third kappa shape index (κ3) is 5.69. The molecule has 1 heterocycles. The number of hydrogen-bond donors (Lipinski definition) is 1. The minimum atomic E-state index is -0.464. The molecular weight excluding hydrogens is 342 g/mol. The fraction of sp³-hybridized carbons (Fsp3) is 0.857. The standard InChI is InChI=1S/C21H35N3O3/c1-15(6-5-13-22-19(25)26-20(2,3)4)18-23-17(24-27-18)14-21-10-7-16(8-11-21)9-12-21/h15-16H,5-14H2,1-4H3,(H,22,25)/t15-,16?,21?/m0/s1. The van der Waals surface area contributed by atoms with Crippen molar-refractivity contribution in [2.45, 2.75) is 97.0 Å². The van der Waals surface area contributed by atoms with Gasteiger partial charge in [-0.3, -0.25) is 0 Å². The molecular formula is C21H35N3O3. The highest BCUT2D eigenvalue weighted by molar-refractivity contribution is 5.67. The molecule has 3 aliphatic carbocycles. The van der Waals surface area contributed by atoms with Crippen molar-refractivity contribution < 1.29 is 14.1 Å². The van der Waals surface area contributed by atoms with Gasteiger partial charge in [-0.2, -0.15) is 4.98 Å². The molecule has 1 aromatic rings. The molecule has 0 unspecified atom stereocenters. The van der Waals surface area contributed by atoms with E-state index in [1.54, 1.807) is 0 Å². The Bertz CT molecular complexity index is 613. The summed E-state index contributed by atoms with van der Waals surface area (Å²) in [6.07, 6.45) is 10.5. The summed E-state index contributed by atoms with van der Waals surface area (Å²) >= 11 is 0. The number of ether oxygens (including phenoxy) is 1. The van der Waals surface area contributed by atoms with Gasteiger partial charge in [0.15, 0.2) is 5.82 Å². The predicted molar refractivity (Wildman–Crippen MR) is 104 cm³/mol. The van der Waals surface area contributed by atoms with E-state index >= 15 is 0 Å². The van der Waals surface area contributed by atoms with Gasteiger partial charge in [0.25, 0.3) is 0 Å². The van der Waals surface area contributed by atoms with E-state index in [-0.39, 0.29) is 12.0 Å². The summed E-state index contributed by atoms with van der Waals surface area (Å²) < 4.78 is 10.8. The van der Waals surface area contributed by atoms with Crippen molar-refractivity contribution in [3.63, 3.8) is 0 Å². The van der Waals surface area contributed by atoms with Crippen LogP contribution in [0.5, 0.6) is 0 Å². The van der Waals surface area contributed by atoms with Crippen LogP contribution in [0.2, 0.25) is 0 Å². The van der Waals surface area contributed by atoms with Crippen molar-refractivity contribution in [1.82, 2.24) is 15.5 Å². The van der Waals surface area contributed by atoms with Gasteiger partial charge in [0, 0.05) is 18.9 Å². The van der Waals surface area contributed by atoms with Crippen LogP contribution >= 0.6 is 0 Å². The summed E-state index contributed by atoms with van der Waals surface area (Å²) in [6, 6.07) is 0. The molecule has 3 saturated carbocycles. The predicted octanol–water partition coefficient (Wildman–Crippen LogP) is 4.99. The molecule has 0 saturated heterocycles. The molecule has 3 aliphatic rings. The maximum absolute atomic E-state index is 11.7. The Morgan fingerprint density at radius 2 is 1.96 bits per heavy atom. The number of aromatic nitrogens is 2. The molecule has 1 aromatic heterocycles. The molecule has 6 nitrogen and oxygen atoms in total. The molecule has 4 rings (SSSR count). The molecule has 2 bridgehead atoms. The normalized spacial score (nSPS) is 26.0. The van der Waals surface area contributed by atoms with E-state index in [1.165, 1.54) is 38.5 Å². The molecule has 0 aromatic carbocycles. The molecule has 0 spiro atoms. The van der Waals surface area contributed by atoms with Gasteiger partial charge in [-0.05, 0) is 83.5 Å². The minimum Gasteiger partial charge on any atom is -0.444 e. The third-order valence-electron chi connectivity index (χ3n) is 6.17. The number of fused-ring (bicyclic) bond motifs is 3. The number of hydrogen-bond acceptors (Lipinski definition) is 5. The Morgan fingerprint density at radius 1 is 1.30 bits per heavy atom. The zero-order valence-corrected chi connectivity index (χ0v) is 17.3. The van der Waals surface area contributed by atoms with Crippen molar-refractivity contribution >= 4 is 6.09 Å². The number of nitrogens with one attached hydrogen (secondary N) is 1. The highest BCUT2D eigenvalue weighted by atomic mass is 16.6. The molecule has 0 aliphatic heterocycles. The second-order valence-electron chi connectivity index (χ2n) is 9.68. The molecule has 0 radical (unpaired) electrons. The van der Waals surface area contributed by atoms with Crippen LogP contribution in [-0.2, 0) is 11.2 Å². The van der Waals surface area contributed by atoms with Crippen LogP contribution in [-0.4, -0.2) is 28.4 Å². The van der Waals surface area contributed by atoms with Crippen LogP contribution < -0.4 is 5.32 Å². The average molecular weight is 378 g/mol. The van der Waals surface area contributed by atoms with Crippen LogP contribution in [0.4, 0.5) is 4.79 Å². The van der Waals surface area contributed by atoms with E-state index in [0.29, 0.717) is 12.0 Å². The quantitative estimate of drug-likeness (QED) is 0.677. The van der Waals surface area contributed by atoms with Gasteiger partial charge in [-0.1, -0.05) is 12.1 Å². The van der Waals surface area contributed by atoms with E-state index in [4.69, 9.17) is 9.26 Å². The molecule has 1 N–H and O–H groups in total. The second kappa shape index (κ2) is 8.19. The van der Waals surface area contributed by atoms with Crippen LogP contribution in [0.3, 0.4) is 0 Å². The summed E-state index contributed by atoms with van der Waals surface area (Å²) in [6.45, 7) is 8.28. The number of rotatable bonds is 7. The van der Waals surface area contributed by atoms with Crippen LogP contribution in [0.25, 0.3) is 0 Å². The number of amides is 1. The highest BCUT2D eigenvalue weighted by Crippen LogP contribution is 2.51. The first kappa shape index (κ1) is 20.2. The first-order chi connectivity index (χ1) is 12.7. The van der Waals surface area contributed by atoms with Crippen molar-refractivity contribution in [2.75, 3.05) is 6.54 Å². The SMILES string of the molecule is C[C@@H](CCCNC(=O)OC(C)(C)C)c1nc(CC23CCC(CC2)CC3)no1. The van der Waals surface area contributed by atoms with Crippen molar-refractivity contribution in [2.24, 2.45) is 11.3 Å². The van der Waals surface area contributed by atoms with E-state index in [0.717, 1.165) is 36.9 Å². The average Bonchev–Trinajstić information content (AvgIpc) is 3.06. The largest absolute Gasteiger partial charge is 0.444 e. The lowest BCUT2D eigenvalue weighted by Gasteiger charge is -2.46. The van der Waals surface area contributed by atoms with Gasteiger partial charge in [0.2, 0.25) is 5.89 Å². The zero-order chi connectivity index (χ0) is 19.5. The monoisotopic (exact) mass is 377 g/mol. The Labute approximate surface area is 162 Å². The summed E-state index contributed by atoms with van der Waals surface area (Å²) in [5.41, 5.74) is -0.0366. The fourth-order valence-electron chi connectivity index (χ4n) is 4.52. The number of carbonyl (C=O) groups excluding carboxylic acids is 1. The number of carbonyl (C=O) groups is 1. The Hall–Kier alpha value is -1.59. The van der Waals surface area contributed by atoms with Gasteiger partial charge in [-0.15, -0.1) is 0 Å². The smallest absolute Gasteiger partial charge is 0.407 e. The summed E-state index contributed by atoms with van der Waals surface area (Å²) in [7, 11) is 0. The lowest BCUT2D eigenvalue weighted by molar-refractivity contribution is 0.0526. The second-order valence-corrected chi connectivity index (χ2v) is 9.68. The van der Waals surface area contributed by atoms with Crippen molar-refractivity contribution in [3.8, 4) is 0 Å². The fourth-order valence-corrected chi connectivity index (χ4v) is 4.52.